The number of hydrogen-bond acceptors (Lipinski definition) is 5. The minimum atomic E-state index is -0.921. The maximum atomic E-state index is 12.1. The summed E-state index contributed by atoms with van der Waals surface area (Å²) < 4.78 is 5.32. The van der Waals surface area contributed by atoms with Crippen LogP contribution in [0.25, 0.3) is 0 Å². The number of amides is 2. The molecule has 0 saturated carbocycles. The average molecular weight is 436 g/mol. The molecule has 7 nitrogen and oxygen atoms in total. The number of esters is 1. The summed E-state index contributed by atoms with van der Waals surface area (Å²) in [5, 5.41) is 6.69. The monoisotopic (exact) mass is 435 g/mol. The molecule has 3 rings (SSSR count). The number of ether oxygens (including phenoxy) is 1. The molecule has 0 aliphatic heterocycles. The number of anilines is 1. The molecule has 0 spiro atoms. The summed E-state index contributed by atoms with van der Waals surface area (Å²) in [5.41, 5.74) is 4.72. The van der Waals surface area contributed by atoms with Crippen LogP contribution in [0, 0.1) is 6.92 Å². The second kappa shape index (κ2) is 10.2. The summed E-state index contributed by atoms with van der Waals surface area (Å²) in [4.78, 5) is 35.8. The quantitative estimate of drug-likeness (QED) is 0.208. The molecule has 3 aromatic carbocycles. The fourth-order valence-electron chi connectivity index (χ4n) is 2.41. The van der Waals surface area contributed by atoms with E-state index in [1.54, 1.807) is 60.7 Å². The van der Waals surface area contributed by atoms with E-state index >= 15 is 0 Å². The number of nitrogens with one attached hydrogen (secondary N) is 2. The first-order chi connectivity index (χ1) is 14.9. The van der Waals surface area contributed by atoms with Crippen molar-refractivity contribution in [1.82, 2.24) is 5.43 Å². The highest BCUT2D eigenvalue weighted by Crippen LogP contribution is 2.15. The van der Waals surface area contributed by atoms with Gasteiger partial charge >= 0.3 is 17.8 Å². The van der Waals surface area contributed by atoms with Gasteiger partial charge in [0.15, 0.2) is 0 Å². The lowest BCUT2D eigenvalue weighted by Crippen LogP contribution is -2.32. The van der Waals surface area contributed by atoms with E-state index in [0.29, 0.717) is 27.6 Å². The van der Waals surface area contributed by atoms with Gasteiger partial charge in [0.25, 0.3) is 0 Å². The number of benzene rings is 3. The van der Waals surface area contributed by atoms with Crippen molar-refractivity contribution in [2.75, 3.05) is 5.32 Å². The van der Waals surface area contributed by atoms with Gasteiger partial charge in [0.05, 0.1) is 11.8 Å². The van der Waals surface area contributed by atoms with E-state index < -0.39 is 17.8 Å². The number of nitrogens with zero attached hydrogens (tertiary/aromatic N) is 1. The van der Waals surface area contributed by atoms with Crippen LogP contribution in [0.3, 0.4) is 0 Å². The normalized spacial score (nSPS) is 10.5. The van der Waals surface area contributed by atoms with Gasteiger partial charge in [-0.25, -0.2) is 10.2 Å². The van der Waals surface area contributed by atoms with E-state index in [4.69, 9.17) is 16.3 Å². The van der Waals surface area contributed by atoms with Crippen LogP contribution in [0.5, 0.6) is 5.75 Å². The molecule has 2 N–H and O–H groups in total. The van der Waals surface area contributed by atoms with E-state index in [0.717, 1.165) is 5.56 Å². The van der Waals surface area contributed by atoms with Gasteiger partial charge in [-0.3, -0.25) is 9.59 Å². The Morgan fingerprint density at radius 2 is 1.52 bits per heavy atom. The molecule has 0 saturated heterocycles. The van der Waals surface area contributed by atoms with E-state index in [1.165, 1.54) is 6.21 Å². The molecule has 0 heterocycles. The molecule has 31 heavy (non-hydrogen) atoms. The highest BCUT2D eigenvalue weighted by molar-refractivity contribution is 6.39. The predicted molar refractivity (Wildman–Crippen MR) is 118 cm³/mol. The van der Waals surface area contributed by atoms with Crippen molar-refractivity contribution < 1.29 is 19.1 Å². The Hall–Kier alpha value is -3.97. The lowest BCUT2D eigenvalue weighted by atomic mass is 10.1. The number of carbonyl (C=O) groups is 3. The number of rotatable bonds is 5. The Balaban J connectivity index is 1.50. The summed E-state index contributed by atoms with van der Waals surface area (Å²) in [6, 6.07) is 19.9. The smallest absolute Gasteiger partial charge is 0.343 e. The van der Waals surface area contributed by atoms with Gasteiger partial charge in [0.1, 0.15) is 5.75 Å². The number of aryl methyl sites for hydroxylation is 1. The molecule has 0 fully saturated rings. The maximum absolute atomic E-state index is 12.1. The van der Waals surface area contributed by atoms with E-state index in [2.05, 4.69) is 15.8 Å². The van der Waals surface area contributed by atoms with Crippen LogP contribution in [0.15, 0.2) is 77.9 Å². The largest absolute Gasteiger partial charge is 0.423 e. The van der Waals surface area contributed by atoms with Crippen molar-refractivity contribution in [2.45, 2.75) is 6.92 Å². The first-order valence-corrected chi connectivity index (χ1v) is 9.57. The molecule has 0 aliphatic rings. The van der Waals surface area contributed by atoms with E-state index in [9.17, 15) is 14.4 Å². The third-order valence-electron chi connectivity index (χ3n) is 4.07. The minimum absolute atomic E-state index is 0.370. The first-order valence-electron chi connectivity index (χ1n) is 9.19. The maximum Gasteiger partial charge on any atom is 0.343 e. The molecule has 8 heteroatoms. The van der Waals surface area contributed by atoms with Gasteiger partial charge in [0, 0.05) is 10.7 Å². The van der Waals surface area contributed by atoms with Gasteiger partial charge in [-0.2, -0.15) is 5.10 Å². The molecule has 0 aromatic heterocycles. The Kier molecular flexibility index (Phi) is 7.13. The van der Waals surface area contributed by atoms with Crippen molar-refractivity contribution >= 4 is 41.3 Å². The van der Waals surface area contributed by atoms with Crippen LogP contribution in [0.1, 0.15) is 21.5 Å². The summed E-state index contributed by atoms with van der Waals surface area (Å²) in [5.74, 6) is -1.87. The molecule has 0 aliphatic carbocycles. The van der Waals surface area contributed by atoms with Crippen molar-refractivity contribution in [1.29, 1.82) is 0 Å². The lowest BCUT2D eigenvalue weighted by molar-refractivity contribution is -0.136. The summed E-state index contributed by atoms with van der Waals surface area (Å²) in [7, 11) is 0. The zero-order chi connectivity index (χ0) is 22.2. The molecule has 0 unspecified atom stereocenters. The Morgan fingerprint density at radius 3 is 2.16 bits per heavy atom. The van der Waals surface area contributed by atoms with Gasteiger partial charge < -0.3 is 10.1 Å². The zero-order valence-corrected chi connectivity index (χ0v) is 17.2. The lowest BCUT2D eigenvalue weighted by Gasteiger charge is -2.05. The first kappa shape index (κ1) is 21.7. The standard InChI is InChI=1S/C23H18ClN3O4/c1-15-2-6-17(7-3-15)23(30)31-20-12-4-16(5-13-20)14-25-27-22(29)21(28)26-19-10-8-18(24)9-11-19/h2-14H,1H3,(H,26,28)(H,27,29)/b25-14-. The fourth-order valence-corrected chi connectivity index (χ4v) is 2.54. The zero-order valence-electron chi connectivity index (χ0n) is 16.5. The fraction of sp³-hybridized carbons (Fsp3) is 0.0435. The average Bonchev–Trinajstić information content (AvgIpc) is 2.77. The second-order valence-electron chi connectivity index (χ2n) is 6.48. The number of carbonyl (C=O) groups excluding carboxylic acids is 3. The number of halogens is 1. The van der Waals surface area contributed by atoms with Crippen molar-refractivity contribution in [3.05, 3.63) is 94.5 Å². The summed E-state index contributed by atoms with van der Waals surface area (Å²) >= 11 is 5.77. The van der Waals surface area contributed by atoms with Crippen LogP contribution in [-0.2, 0) is 9.59 Å². The molecule has 0 bridgehead atoms. The van der Waals surface area contributed by atoms with E-state index in [-0.39, 0.29) is 0 Å². The molecule has 3 aromatic rings. The molecule has 156 valence electrons. The topological polar surface area (TPSA) is 96.9 Å². The molecular formula is C23H18ClN3O4. The van der Waals surface area contributed by atoms with Gasteiger partial charge in [0.2, 0.25) is 0 Å². The van der Waals surface area contributed by atoms with Gasteiger partial charge in [-0.05, 0) is 73.2 Å². The third-order valence-corrected chi connectivity index (χ3v) is 4.32. The summed E-state index contributed by atoms with van der Waals surface area (Å²) in [6.07, 6.45) is 1.36. The van der Waals surface area contributed by atoms with Crippen LogP contribution in [0.2, 0.25) is 5.02 Å². The Labute approximate surface area is 183 Å². The Morgan fingerprint density at radius 1 is 0.871 bits per heavy atom. The van der Waals surface area contributed by atoms with Crippen LogP contribution in [-0.4, -0.2) is 24.0 Å². The SMILES string of the molecule is Cc1ccc(C(=O)Oc2ccc(/C=N\NC(=O)C(=O)Nc3ccc(Cl)cc3)cc2)cc1. The van der Waals surface area contributed by atoms with Gasteiger partial charge in [-0.15, -0.1) is 0 Å². The molecule has 2 amide bonds. The third kappa shape index (κ3) is 6.52. The Bertz CT molecular complexity index is 1110. The van der Waals surface area contributed by atoms with Crippen LogP contribution in [0.4, 0.5) is 5.69 Å². The van der Waals surface area contributed by atoms with Crippen LogP contribution >= 0.6 is 11.6 Å². The van der Waals surface area contributed by atoms with Crippen LogP contribution < -0.4 is 15.5 Å². The van der Waals surface area contributed by atoms with Crippen molar-refractivity contribution in [3.8, 4) is 5.75 Å². The van der Waals surface area contributed by atoms with Gasteiger partial charge in [-0.1, -0.05) is 29.3 Å². The van der Waals surface area contributed by atoms with Crippen molar-refractivity contribution in [2.24, 2.45) is 5.10 Å². The summed E-state index contributed by atoms with van der Waals surface area (Å²) in [6.45, 7) is 1.93. The molecule has 0 atom stereocenters. The number of hydrogen-bond donors (Lipinski definition) is 2. The molecule has 0 radical (unpaired) electrons. The highest BCUT2D eigenvalue weighted by atomic mass is 35.5. The number of hydrazone groups is 1. The highest BCUT2D eigenvalue weighted by Gasteiger charge is 2.12. The van der Waals surface area contributed by atoms with E-state index in [1.807, 2.05) is 19.1 Å². The second-order valence-corrected chi connectivity index (χ2v) is 6.92. The molecular weight excluding hydrogens is 418 g/mol. The predicted octanol–water partition coefficient (Wildman–Crippen LogP) is 3.96. The minimum Gasteiger partial charge on any atom is -0.423 e. The van der Waals surface area contributed by atoms with Crippen molar-refractivity contribution in [3.63, 3.8) is 0 Å².